The number of hydrogen-bond donors (Lipinski definition) is 3. The Morgan fingerprint density at radius 3 is 2.72 bits per heavy atom. The van der Waals surface area contributed by atoms with Crippen molar-refractivity contribution in [2.75, 3.05) is 27.2 Å². The molecule has 1 aromatic carbocycles. The van der Waals surface area contributed by atoms with Gasteiger partial charge in [0.25, 0.3) is 17.6 Å². The molecule has 1 aromatic rings. The van der Waals surface area contributed by atoms with Gasteiger partial charge in [-0.25, -0.2) is 4.58 Å². The molecule has 172 valence electrons. The van der Waals surface area contributed by atoms with E-state index in [1.165, 1.54) is 11.1 Å². The summed E-state index contributed by atoms with van der Waals surface area (Å²) in [6, 6.07) is 10.3. The molecule has 1 aliphatic heterocycles. The van der Waals surface area contributed by atoms with E-state index in [4.69, 9.17) is 9.84 Å². The van der Waals surface area contributed by atoms with Crippen LogP contribution in [0.2, 0.25) is 0 Å². The topological polar surface area (TPSA) is 73.6 Å². The number of rotatable bonds is 9. The van der Waals surface area contributed by atoms with E-state index in [1.54, 1.807) is 0 Å². The molecule has 6 nitrogen and oxygen atoms in total. The largest absolute Gasteiger partial charge is 0.457 e. The number of aliphatic hydroxyl groups is 1. The van der Waals surface area contributed by atoms with E-state index in [0.29, 0.717) is 19.4 Å². The van der Waals surface area contributed by atoms with Crippen LogP contribution in [-0.4, -0.2) is 54.8 Å². The Morgan fingerprint density at radius 1 is 1.25 bits per heavy atom. The number of amides is 1. The van der Waals surface area contributed by atoms with Gasteiger partial charge in [0.2, 0.25) is 0 Å². The average molecular weight is 439 g/mol. The van der Waals surface area contributed by atoms with Gasteiger partial charge in [0.15, 0.2) is 0 Å². The van der Waals surface area contributed by atoms with Gasteiger partial charge in [-0.2, -0.15) is 0 Å². The van der Waals surface area contributed by atoms with Crippen molar-refractivity contribution in [3.8, 4) is 0 Å². The lowest BCUT2D eigenvalue weighted by molar-refractivity contribution is -0.467. The van der Waals surface area contributed by atoms with Crippen molar-refractivity contribution >= 4 is 11.8 Å². The van der Waals surface area contributed by atoms with Crippen molar-refractivity contribution in [1.82, 2.24) is 10.6 Å². The molecule has 0 bridgehead atoms. The first-order valence-corrected chi connectivity index (χ1v) is 11.5. The van der Waals surface area contributed by atoms with Gasteiger partial charge >= 0.3 is 0 Å². The first-order valence-electron chi connectivity index (χ1n) is 11.5. The van der Waals surface area contributed by atoms with E-state index in [1.807, 2.05) is 36.9 Å². The molecule has 0 spiro atoms. The Labute approximate surface area is 191 Å². The summed E-state index contributed by atoms with van der Waals surface area (Å²) in [4.78, 5) is 13.0. The predicted molar refractivity (Wildman–Crippen MR) is 127 cm³/mol. The number of carbonyl (C=O) groups is 1. The van der Waals surface area contributed by atoms with Crippen LogP contribution in [0, 0.1) is 5.92 Å². The van der Waals surface area contributed by atoms with Gasteiger partial charge in [-0.05, 0) is 37.3 Å². The Hall–Kier alpha value is -2.86. The molecule has 1 amide bonds. The summed E-state index contributed by atoms with van der Waals surface area (Å²) in [6.45, 7) is 2.68. The van der Waals surface area contributed by atoms with Crippen molar-refractivity contribution in [2.24, 2.45) is 5.92 Å². The Bertz CT molecular complexity index is 916. The number of nitrogens with one attached hydrogen (secondary N) is 2. The summed E-state index contributed by atoms with van der Waals surface area (Å²) in [5.41, 5.74) is 3.31. The van der Waals surface area contributed by atoms with Crippen LogP contribution in [0.5, 0.6) is 0 Å². The average Bonchev–Trinajstić information content (AvgIpc) is 2.82. The summed E-state index contributed by atoms with van der Waals surface area (Å²) < 4.78 is 8.59. The molecule has 3 N–H and O–H groups in total. The number of aliphatic hydroxyl groups excluding tert-OH is 1. The van der Waals surface area contributed by atoms with Crippen molar-refractivity contribution in [2.45, 2.75) is 45.1 Å². The number of allylic oxidation sites excluding steroid dienone is 2. The van der Waals surface area contributed by atoms with Crippen molar-refractivity contribution in [1.29, 1.82) is 0 Å². The molecule has 3 rings (SSSR count). The second-order valence-corrected chi connectivity index (χ2v) is 8.32. The molecule has 0 saturated heterocycles. The zero-order valence-corrected chi connectivity index (χ0v) is 19.4. The minimum absolute atomic E-state index is 0.0105. The van der Waals surface area contributed by atoms with Gasteiger partial charge in [0.05, 0.1) is 20.0 Å². The molecule has 0 aromatic heterocycles. The minimum Gasteiger partial charge on any atom is -0.457 e. The fourth-order valence-corrected chi connectivity index (χ4v) is 4.37. The monoisotopic (exact) mass is 438 g/mol. The molecular formula is C26H36N3O3+. The van der Waals surface area contributed by atoms with Gasteiger partial charge in [-0.15, -0.1) is 0 Å². The van der Waals surface area contributed by atoms with Crippen LogP contribution in [0.4, 0.5) is 0 Å². The lowest BCUT2D eigenvalue weighted by Gasteiger charge is -2.29. The highest BCUT2D eigenvalue weighted by molar-refractivity contribution is 5.95. The van der Waals surface area contributed by atoms with Gasteiger partial charge in [0, 0.05) is 19.6 Å². The maximum Gasteiger partial charge on any atom is 0.285 e. The SMILES string of the molecule is CCC1=CC=CC(OC2=[N+](C)C(NC)=C(C(=O)NCCCO)CC2Cc2ccccc2)C1. The first-order chi connectivity index (χ1) is 15.6. The third-order valence-corrected chi connectivity index (χ3v) is 6.06. The second-order valence-electron chi connectivity index (χ2n) is 8.32. The standard InChI is InChI=1S/C26H35N3O3/c1-4-19-12-8-13-22(17-19)32-26-21(16-20-10-6-5-7-11-20)18-23(24(27-2)29(26)3)25(31)28-14-9-15-30/h5-8,10-13,21-22,30H,4,9,14-18H2,1-3H3,(H-,27,28,31)/p+1. The number of carbonyl (C=O) groups excluding carboxylic acids is 1. The van der Waals surface area contributed by atoms with Crippen LogP contribution in [-0.2, 0) is 16.0 Å². The highest BCUT2D eigenvalue weighted by atomic mass is 16.5. The van der Waals surface area contributed by atoms with E-state index < -0.39 is 0 Å². The van der Waals surface area contributed by atoms with E-state index >= 15 is 0 Å². The highest BCUT2D eigenvalue weighted by Gasteiger charge is 2.37. The normalized spacial score (nSPS) is 20.8. The summed E-state index contributed by atoms with van der Waals surface area (Å²) in [6.07, 6.45) is 10.2. The first kappa shape index (κ1) is 23.8. The van der Waals surface area contributed by atoms with E-state index in [0.717, 1.165) is 36.6 Å². The van der Waals surface area contributed by atoms with Crippen LogP contribution in [0.1, 0.15) is 38.2 Å². The Kier molecular flexibility index (Phi) is 8.68. The number of benzene rings is 1. The summed E-state index contributed by atoms with van der Waals surface area (Å²) in [5, 5.41) is 15.2. The zero-order valence-electron chi connectivity index (χ0n) is 19.4. The highest BCUT2D eigenvalue weighted by Crippen LogP contribution is 2.28. The molecule has 2 atom stereocenters. The van der Waals surface area contributed by atoms with Crippen LogP contribution < -0.4 is 10.6 Å². The van der Waals surface area contributed by atoms with Gasteiger partial charge in [-0.3, -0.25) is 10.1 Å². The van der Waals surface area contributed by atoms with Crippen molar-refractivity contribution in [3.63, 3.8) is 0 Å². The third-order valence-electron chi connectivity index (χ3n) is 6.06. The fraction of sp³-hybridized carbons (Fsp3) is 0.462. The molecule has 32 heavy (non-hydrogen) atoms. The van der Waals surface area contributed by atoms with E-state index in [2.05, 4.69) is 47.9 Å². The molecule has 0 radical (unpaired) electrons. The van der Waals surface area contributed by atoms with Gasteiger partial charge in [-0.1, -0.05) is 55.0 Å². The maximum absolute atomic E-state index is 13.0. The second kappa shape index (κ2) is 11.7. The van der Waals surface area contributed by atoms with Crippen molar-refractivity contribution < 1.29 is 19.2 Å². The number of nitrogens with zero attached hydrogens (tertiary/aromatic N) is 1. The smallest absolute Gasteiger partial charge is 0.285 e. The summed E-state index contributed by atoms with van der Waals surface area (Å²) in [5.74, 6) is 1.59. The quantitative estimate of drug-likeness (QED) is 0.409. The number of hydrogen-bond acceptors (Lipinski definition) is 4. The van der Waals surface area contributed by atoms with Crippen LogP contribution in [0.25, 0.3) is 0 Å². The molecule has 2 aliphatic rings. The zero-order chi connectivity index (χ0) is 22.9. The van der Waals surface area contributed by atoms with Gasteiger partial charge < -0.3 is 15.2 Å². The summed E-state index contributed by atoms with van der Waals surface area (Å²) >= 11 is 0. The molecular weight excluding hydrogens is 402 g/mol. The van der Waals surface area contributed by atoms with Crippen LogP contribution >= 0.6 is 0 Å². The molecule has 2 unspecified atom stereocenters. The Morgan fingerprint density at radius 2 is 2.03 bits per heavy atom. The fourth-order valence-electron chi connectivity index (χ4n) is 4.37. The minimum atomic E-state index is -0.0967. The number of ether oxygens (including phenoxy) is 1. The van der Waals surface area contributed by atoms with E-state index in [-0.39, 0.29) is 24.5 Å². The molecule has 1 aliphatic carbocycles. The Balaban J connectivity index is 1.91. The maximum atomic E-state index is 13.0. The van der Waals surface area contributed by atoms with Gasteiger partial charge in [0.1, 0.15) is 11.7 Å². The predicted octanol–water partition coefficient (Wildman–Crippen LogP) is 2.90. The molecule has 0 fully saturated rings. The third kappa shape index (κ3) is 5.88. The lowest BCUT2D eigenvalue weighted by atomic mass is 9.89. The van der Waals surface area contributed by atoms with Crippen LogP contribution in [0.3, 0.4) is 0 Å². The molecule has 0 saturated carbocycles. The van der Waals surface area contributed by atoms with Crippen LogP contribution in [0.15, 0.2) is 65.5 Å². The lowest BCUT2D eigenvalue weighted by Crippen LogP contribution is -2.42. The van der Waals surface area contributed by atoms with E-state index in [9.17, 15) is 4.79 Å². The van der Waals surface area contributed by atoms with Crippen molar-refractivity contribution in [3.05, 3.63) is 71.1 Å². The molecule has 6 heteroatoms. The summed E-state index contributed by atoms with van der Waals surface area (Å²) in [7, 11) is 3.79. The molecule has 1 heterocycles.